The van der Waals surface area contributed by atoms with Crippen LogP contribution in [0.15, 0.2) is 48.7 Å². The van der Waals surface area contributed by atoms with Gasteiger partial charge in [-0.2, -0.15) is 15.5 Å². The summed E-state index contributed by atoms with van der Waals surface area (Å²) in [6, 6.07) is 15.4. The summed E-state index contributed by atoms with van der Waals surface area (Å²) in [6.07, 6.45) is 4.44. The van der Waals surface area contributed by atoms with Crippen LogP contribution < -0.4 is 10.6 Å². The molecule has 1 heterocycles. The molecule has 0 radical (unpaired) electrons. The number of hydrogen-bond acceptors (Lipinski definition) is 6. The SMILES string of the molecule is Cc1cc2c(c(C)c1Nc1ccnc(Nc3ccc(C#N)cc3)n1)CC=C2C#N. The number of nitriles is 2. The van der Waals surface area contributed by atoms with Crippen LogP contribution >= 0.6 is 0 Å². The Labute approximate surface area is 169 Å². The molecule has 0 amide bonds. The maximum atomic E-state index is 9.31. The Kier molecular flexibility index (Phi) is 4.68. The minimum absolute atomic E-state index is 0.463. The average molecular weight is 378 g/mol. The van der Waals surface area contributed by atoms with Gasteiger partial charge in [-0.15, -0.1) is 0 Å². The van der Waals surface area contributed by atoms with E-state index in [0.29, 0.717) is 17.3 Å². The minimum Gasteiger partial charge on any atom is -0.340 e. The molecule has 1 aliphatic carbocycles. The van der Waals surface area contributed by atoms with Crippen molar-refractivity contribution in [2.45, 2.75) is 20.3 Å². The molecule has 2 aromatic carbocycles. The molecule has 2 N–H and O–H groups in total. The van der Waals surface area contributed by atoms with Crippen molar-refractivity contribution in [3.05, 3.63) is 76.5 Å². The van der Waals surface area contributed by atoms with Crippen LogP contribution in [0.2, 0.25) is 0 Å². The molecule has 29 heavy (non-hydrogen) atoms. The first-order chi connectivity index (χ1) is 14.1. The van der Waals surface area contributed by atoms with E-state index in [0.717, 1.165) is 40.1 Å². The molecule has 0 atom stereocenters. The molecule has 0 fully saturated rings. The predicted octanol–water partition coefficient (Wildman–Crippen LogP) is 4.92. The second kappa shape index (κ2) is 7.46. The molecular formula is C23H18N6. The maximum Gasteiger partial charge on any atom is 0.229 e. The van der Waals surface area contributed by atoms with Crippen LogP contribution in [-0.2, 0) is 6.42 Å². The number of benzene rings is 2. The van der Waals surface area contributed by atoms with Crippen LogP contribution in [0.4, 0.5) is 23.1 Å². The molecular weight excluding hydrogens is 360 g/mol. The number of nitrogens with one attached hydrogen (secondary N) is 2. The van der Waals surface area contributed by atoms with Crippen LogP contribution in [-0.4, -0.2) is 9.97 Å². The van der Waals surface area contributed by atoms with Gasteiger partial charge in [0.2, 0.25) is 5.95 Å². The number of allylic oxidation sites excluding steroid dienone is 2. The van der Waals surface area contributed by atoms with E-state index in [9.17, 15) is 5.26 Å². The van der Waals surface area contributed by atoms with Crippen LogP contribution in [0, 0.1) is 36.5 Å². The largest absolute Gasteiger partial charge is 0.340 e. The molecule has 140 valence electrons. The maximum absolute atomic E-state index is 9.31. The van der Waals surface area contributed by atoms with Crippen LogP contribution in [0.1, 0.15) is 27.8 Å². The smallest absolute Gasteiger partial charge is 0.229 e. The van der Waals surface area contributed by atoms with Crippen molar-refractivity contribution in [1.29, 1.82) is 10.5 Å². The second-order valence-electron chi connectivity index (χ2n) is 6.86. The number of anilines is 4. The van der Waals surface area contributed by atoms with Crippen molar-refractivity contribution in [1.82, 2.24) is 9.97 Å². The Morgan fingerprint density at radius 2 is 1.79 bits per heavy atom. The van der Waals surface area contributed by atoms with E-state index in [1.807, 2.05) is 31.2 Å². The number of aryl methyl sites for hydroxylation is 1. The van der Waals surface area contributed by atoms with E-state index in [1.54, 1.807) is 18.3 Å². The number of rotatable bonds is 4. The Bertz CT molecular complexity index is 1210. The standard InChI is InChI=1S/C23H18N6/c1-14-11-20-17(13-25)5-8-19(20)15(2)22(14)28-21-9-10-26-23(29-21)27-18-6-3-16(12-24)4-7-18/h3-7,9-11H,8H2,1-2H3,(H2,26,27,28,29). The van der Waals surface area contributed by atoms with Gasteiger partial charge in [-0.1, -0.05) is 6.08 Å². The van der Waals surface area contributed by atoms with Gasteiger partial charge < -0.3 is 10.6 Å². The van der Waals surface area contributed by atoms with Crippen LogP contribution in [0.3, 0.4) is 0 Å². The summed E-state index contributed by atoms with van der Waals surface area (Å²) >= 11 is 0. The van der Waals surface area contributed by atoms with Crippen molar-refractivity contribution in [2.24, 2.45) is 0 Å². The summed E-state index contributed by atoms with van der Waals surface area (Å²) in [5, 5.41) is 24.8. The molecule has 6 nitrogen and oxygen atoms in total. The molecule has 1 aromatic heterocycles. The first-order valence-corrected chi connectivity index (χ1v) is 9.20. The van der Waals surface area contributed by atoms with E-state index in [-0.39, 0.29) is 0 Å². The Hall–Kier alpha value is -4.16. The van der Waals surface area contributed by atoms with Gasteiger partial charge in [0.05, 0.1) is 23.3 Å². The lowest BCUT2D eigenvalue weighted by atomic mass is 9.96. The normalized spacial score (nSPS) is 11.8. The van der Waals surface area contributed by atoms with Crippen molar-refractivity contribution in [3.63, 3.8) is 0 Å². The van der Waals surface area contributed by atoms with Gasteiger partial charge >= 0.3 is 0 Å². The lowest BCUT2D eigenvalue weighted by molar-refractivity contribution is 1.15. The van der Waals surface area contributed by atoms with Crippen molar-refractivity contribution >= 4 is 28.7 Å². The highest BCUT2D eigenvalue weighted by Crippen LogP contribution is 2.36. The van der Waals surface area contributed by atoms with Gasteiger partial charge in [0.25, 0.3) is 0 Å². The first-order valence-electron chi connectivity index (χ1n) is 9.20. The van der Waals surface area contributed by atoms with Crippen molar-refractivity contribution < 1.29 is 0 Å². The van der Waals surface area contributed by atoms with Gasteiger partial charge in [0.1, 0.15) is 5.82 Å². The first kappa shape index (κ1) is 18.2. The third kappa shape index (κ3) is 3.52. The summed E-state index contributed by atoms with van der Waals surface area (Å²) in [5.74, 6) is 1.14. The van der Waals surface area contributed by atoms with Gasteiger partial charge in [-0.3, -0.25) is 0 Å². The highest BCUT2D eigenvalue weighted by atomic mass is 15.1. The lowest BCUT2D eigenvalue weighted by Crippen LogP contribution is -2.04. The number of hydrogen-bond donors (Lipinski definition) is 2. The monoisotopic (exact) mass is 378 g/mol. The molecule has 1 aliphatic rings. The second-order valence-corrected chi connectivity index (χ2v) is 6.86. The average Bonchev–Trinajstić information content (AvgIpc) is 3.15. The topological polar surface area (TPSA) is 97.4 Å². The summed E-state index contributed by atoms with van der Waals surface area (Å²) in [7, 11) is 0. The minimum atomic E-state index is 0.463. The third-order valence-electron chi connectivity index (χ3n) is 5.01. The Balaban J connectivity index is 1.59. The Morgan fingerprint density at radius 3 is 2.52 bits per heavy atom. The molecule has 4 rings (SSSR count). The van der Waals surface area contributed by atoms with Crippen LogP contribution in [0.5, 0.6) is 0 Å². The zero-order valence-corrected chi connectivity index (χ0v) is 16.1. The van der Waals surface area contributed by atoms with Gasteiger partial charge in [0.15, 0.2) is 0 Å². The molecule has 0 bridgehead atoms. The zero-order chi connectivity index (χ0) is 20.4. The highest BCUT2D eigenvalue weighted by Gasteiger charge is 2.20. The molecule has 6 heteroatoms. The van der Waals surface area contributed by atoms with Crippen LogP contribution in [0.25, 0.3) is 5.57 Å². The molecule has 0 unspecified atom stereocenters. The summed E-state index contributed by atoms with van der Waals surface area (Å²) in [5.41, 5.74) is 7.54. The van der Waals surface area contributed by atoms with E-state index in [1.165, 1.54) is 5.56 Å². The summed E-state index contributed by atoms with van der Waals surface area (Å²) < 4.78 is 0. The fourth-order valence-electron chi connectivity index (χ4n) is 3.51. The number of aromatic nitrogens is 2. The van der Waals surface area contributed by atoms with Gasteiger partial charge in [0, 0.05) is 17.6 Å². The molecule has 0 saturated carbocycles. The lowest BCUT2D eigenvalue weighted by Gasteiger charge is -2.17. The Morgan fingerprint density at radius 1 is 1.00 bits per heavy atom. The van der Waals surface area contributed by atoms with E-state index < -0.39 is 0 Å². The number of nitrogens with zero attached hydrogens (tertiary/aromatic N) is 4. The summed E-state index contributed by atoms with van der Waals surface area (Å²) in [6.45, 7) is 4.10. The van der Waals surface area contributed by atoms with E-state index in [2.05, 4.69) is 45.7 Å². The summed E-state index contributed by atoms with van der Waals surface area (Å²) in [4.78, 5) is 8.82. The fraction of sp³-hybridized carbons (Fsp3) is 0.130. The van der Waals surface area contributed by atoms with Gasteiger partial charge in [-0.25, -0.2) is 4.98 Å². The zero-order valence-electron chi connectivity index (χ0n) is 16.1. The van der Waals surface area contributed by atoms with Crippen molar-refractivity contribution in [3.8, 4) is 12.1 Å². The van der Waals surface area contributed by atoms with Gasteiger partial charge in [-0.05, 0) is 78.9 Å². The fourth-order valence-corrected chi connectivity index (χ4v) is 3.51. The number of fused-ring (bicyclic) bond motifs is 1. The van der Waals surface area contributed by atoms with E-state index >= 15 is 0 Å². The molecule has 3 aromatic rings. The van der Waals surface area contributed by atoms with Crippen molar-refractivity contribution in [2.75, 3.05) is 10.6 Å². The molecule has 0 aliphatic heterocycles. The quantitative estimate of drug-likeness (QED) is 0.669. The predicted molar refractivity (Wildman–Crippen MR) is 113 cm³/mol. The van der Waals surface area contributed by atoms with E-state index in [4.69, 9.17) is 5.26 Å². The highest BCUT2D eigenvalue weighted by molar-refractivity contribution is 5.86. The molecule has 0 saturated heterocycles. The molecule has 0 spiro atoms. The third-order valence-corrected chi connectivity index (χ3v) is 5.01.